The van der Waals surface area contributed by atoms with Gasteiger partial charge in [0.2, 0.25) is 0 Å². The molecule has 4 heteroatoms. The lowest BCUT2D eigenvalue weighted by Crippen LogP contribution is -2.29. The fourth-order valence-corrected chi connectivity index (χ4v) is 3.03. The molecule has 1 N–H and O–H groups in total. The van der Waals surface area contributed by atoms with Crippen LogP contribution >= 0.6 is 11.6 Å². The van der Waals surface area contributed by atoms with Gasteiger partial charge in [-0.25, -0.2) is 4.39 Å². The number of aliphatic hydroxyl groups excluding tert-OH is 1. The number of rotatable bonds is 3. The number of benzene rings is 2. The Morgan fingerprint density at radius 3 is 2.86 bits per heavy atom. The number of hydrogen-bond donors (Lipinski definition) is 1. The van der Waals surface area contributed by atoms with Crippen LogP contribution in [0.15, 0.2) is 42.5 Å². The molecule has 0 fully saturated rings. The molecular formula is C17H16ClFO2. The van der Waals surface area contributed by atoms with E-state index in [0.29, 0.717) is 17.2 Å². The molecule has 2 unspecified atom stereocenters. The number of aliphatic hydroxyl groups is 1. The first-order chi connectivity index (χ1) is 10.2. The summed E-state index contributed by atoms with van der Waals surface area (Å²) in [6, 6.07) is 12.4. The van der Waals surface area contributed by atoms with E-state index in [2.05, 4.69) is 0 Å². The van der Waals surface area contributed by atoms with E-state index in [1.54, 1.807) is 12.1 Å². The molecule has 110 valence electrons. The summed E-state index contributed by atoms with van der Waals surface area (Å²) in [5.41, 5.74) is 2.48. The Balaban J connectivity index is 1.85. The van der Waals surface area contributed by atoms with Crippen molar-refractivity contribution in [1.82, 2.24) is 0 Å². The van der Waals surface area contributed by atoms with Gasteiger partial charge in [0.05, 0.1) is 12.7 Å². The number of ether oxygens (including phenoxy) is 1. The molecule has 0 amide bonds. The summed E-state index contributed by atoms with van der Waals surface area (Å²) in [5, 5.41) is 10.8. The third-order valence-corrected chi connectivity index (χ3v) is 4.21. The van der Waals surface area contributed by atoms with E-state index in [4.69, 9.17) is 16.3 Å². The number of hydrogen-bond acceptors (Lipinski definition) is 2. The molecule has 0 bridgehead atoms. The molecule has 0 saturated carbocycles. The van der Waals surface area contributed by atoms with Crippen LogP contribution < -0.4 is 0 Å². The van der Waals surface area contributed by atoms with Crippen molar-refractivity contribution in [3.05, 3.63) is 70.0 Å². The molecule has 21 heavy (non-hydrogen) atoms. The summed E-state index contributed by atoms with van der Waals surface area (Å²) in [5.74, 6) is -0.398. The molecule has 1 aliphatic heterocycles. The third kappa shape index (κ3) is 2.95. The lowest BCUT2D eigenvalue weighted by Gasteiger charge is -2.30. The standard InChI is InChI=1S/C17H16ClFO2/c18-14-6-3-7-15(19)13(14)10-16(20)17-12-5-2-1-4-11(12)8-9-21-17/h1-7,16-17,20H,8-10H2. The van der Waals surface area contributed by atoms with Crippen molar-refractivity contribution < 1.29 is 14.2 Å². The first-order valence-electron chi connectivity index (χ1n) is 6.97. The molecule has 0 aliphatic carbocycles. The van der Waals surface area contributed by atoms with Gasteiger partial charge >= 0.3 is 0 Å². The maximum atomic E-state index is 13.8. The van der Waals surface area contributed by atoms with Gasteiger partial charge in [-0.15, -0.1) is 0 Å². The quantitative estimate of drug-likeness (QED) is 0.937. The smallest absolute Gasteiger partial charge is 0.127 e. The van der Waals surface area contributed by atoms with Crippen LogP contribution in [0, 0.1) is 5.82 Å². The van der Waals surface area contributed by atoms with Gasteiger partial charge in [-0.1, -0.05) is 41.9 Å². The maximum Gasteiger partial charge on any atom is 0.127 e. The summed E-state index contributed by atoms with van der Waals surface area (Å²) in [7, 11) is 0. The fourth-order valence-electron chi connectivity index (χ4n) is 2.79. The topological polar surface area (TPSA) is 29.5 Å². The van der Waals surface area contributed by atoms with E-state index in [0.717, 1.165) is 12.0 Å². The van der Waals surface area contributed by atoms with Crippen molar-refractivity contribution in [2.24, 2.45) is 0 Å². The van der Waals surface area contributed by atoms with E-state index < -0.39 is 18.0 Å². The number of fused-ring (bicyclic) bond motifs is 1. The minimum atomic E-state index is -0.833. The third-order valence-electron chi connectivity index (χ3n) is 3.85. The van der Waals surface area contributed by atoms with Crippen LogP contribution in [0.25, 0.3) is 0 Å². The minimum Gasteiger partial charge on any atom is -0.390 e. The van der Waals surface area contributed by atoms with Gasteiger partial charge in [0.1, 0.15) is 11.9 Å². The molecular weight excluding hydrogens is 291 g/mol. The van der Waals surface area contributed by atoms with Gasteiger partial charge in [-0.05, 0) is 29.7 Å². The summed E-state index contributed by atoms with van der Waals surface area (Å²) in [6.07, 6.45) is -0.309. The average molecular weight is 307 g/mol. The van der Waals surface area contributed by atoms with Crippen LogP contribution in [-0.2, 0) is 17.6 Å². The Morgan fingerprint density at radius 2 is 2.05 bits per heavy atom. The monoisotopic (exact) mass is 306 g/mol. The van der Waals surface area contributed by atoms with Crippen molar-refractivity contribution >= 4 is 11.6 Å². The molecule has 0 spiro atoms. The fraction of sp³-hybridized carbons (Fsp3) is 0.294. The second kappa shape index (κ2) is 6.14. The van der Waals surface area contributed by atoms with Crippen LogP contribution in [0.2, 0.25) is 5.02 Å². The molecule has 0 saturated heterocycles. The average Bonchev–Trinajstić information content (AvgIpc) is 2.50. The first-order valence-corrected chi connectivity index (χ1v) is 7.35. The van der Waals surface area contributed by atoms with Crippen molar-refractivity contribution in [2.75, 3.05) is 6.61 Å². The van der Waals surface area contributed by atoms with E-state index in [1.807, 2.05) is 24.3 Å². The van der Waals surface area contributed by atoms with Crippen LogP contribution in [0.5, 0.6) is 0 Å². The van der Waals surface area contributed by atoms with Gasteiger partial charge in [0.15, 0.2) is 0 Å². The summed E-state index contributed by atoms with van der Waals surface area (Å²) in [4.78, 5) is 0. The molecule has 3 rings (SSSR count). The molecule has 0 aromatic heterocycles. The summed E-state index contributed by atoms with van der Waals surface area (Å²) >= 11 is 6.02. The van der Waals surface area contributed by atoms with Crippen LogP contribution in [0.3, 0.4) is 0 Å². The minimum absolute atomic E-state index is 0.129. The van der Waals surface area contributed by atoms with Gasteiger partial charge < -0.3 is 9.84 Å². The molecule has 2 aromatic rings. The summed E-state index contributed by atoms with van der Waals surface area (Å²) in [6.45, 7) is 0.559. The molecule has 2 nitrogen and oxygen atoms in total. The predicted octanol–water partition coefficient (Wildman–Crippen LogP) is 3.70. The highest BCUT2D eigenvalue weighted by Crippen LogP contribution is 2.32. The molecule has 2 aromatic carbocycles. The SMILES string of the molecule is OC(Cc1c(F)cccc1Cl)C1OCCc2ccccc21. The lowest BCUT2D eigenvalue weighted by molar-refractivity contribution is -0.0463. The predicted molar refractivity (Wildman–Crippen MR) is 80.0 cm³/mol. The van der Waals surface area contributed by atoms with Gasteiger partial charge in [0.25, 0.3) is 0 Å². The zero-order valence-electron chi connectivity index (χ0n) is 11.4. The summed E-state index contributed by atoms with van der Waals surface area (Å²) < 4.78 is 19.5. The van der Waals surface area contributed by atoms with Gasteiger partial charge in [0, 0.05) is 17.0 Å². The van der Waals surface area contributed by atoms with Crippen molar-refractivity contribution in [1.29, 1.82) is 0 Å². The van der Waals surface area contributed by atoms with Gasteiger partial charge in [-0.2, -0.15) is 0 Å². The Kier molecular flexibility index (Phi) is 4.24. The van der Waals surface area contributed by atoms with Crippen molar-refractivity contribution in [3.63, 3.8) is 0 Å². The highest BCUT2D eigenvalue weighted by Gasteiger charge is 2.28. The lowest BCUT2D eigenvalue weighted by atomic mass is 9.92. The number of halogens is 2. The van der Waals surface area contributed by atoms with Crippen molar-refractivity contribution in [3.8, 4) is 0 Å². The Bertz CT molecular complexity index is 624. The zero-order valence-corrected chi connectivity index (χ0v) is 12.2. The first kappa shape index (κ1) is 14.5. The zero-order chi connectivity index (χ0) is 14.8. The van der Waals surface area contributed by atoms with E-state index >= 15 is 0 Å². The van der Waals surface area contributed by atoms with E-state index in [1.165, 1.54) is 11.6 Å². The highest BCUT2D eigenvalue weighted by molar-refractivity contribution is 6.31. The molecule has 0 radical (unpaired) electrons. The van der Waals surface area contributed by atoms with Gasteiger partial charge in [-0.3, -0.25) is 0 Å². The molecule has 2 atom stereocenters. The van der Waals surface area contributed by atoms with Crippen LogP contribution in [-0.4, -0.2) is 17.8 Å². The van der Waals surface area contributed by atoms with E-state index in [9.17, 15) is 9.50 Å². The van der Waals surface area contributed by atoms with E-state index in [-0.39, 0.29) is 6.42 Å². The Hall–Kier alpha value is -1.42. The van der Waals surface area contributed by atoms with Crippen molar-refractivity contribution in [2.45, 2.75) is 25.0 Å². The Morgan fingerprint density at radius 1 is 1.24 bits per heavy atom. The highest BCUT2D eigenvalue weighted by atomic mass is 35.5. The largest absolute Gasteiger partial charge is 0.390 e. The van der Waals surface area contributed by atoms with Crippen LogP contribution in [0.1, 0.15) is 22.8 Å². The van der Waals surface area contributed by atoms with Crippen LogP contribution in [0.4, 0.5) is 4.39 Å². The molecule has 1 heterocycles. The maximum absolute atomic E-state index is 13.8. The molecule has 1 aliphatic rings. The second-order valence-corrected chi connectivity index (χ2v) is 5.62. The normalized spacial score (nSPS) is 19.1. The second-order valence-electron chi connectivity index (χ2n) is 5.21. The Labute approximate surface area is 128 Å².